The molecule has 0 spiro atoms. The van der Waals surface area contributed by atoms with Gasteiger partial charge in [0, 0.05) is 12.5 Å². The minimum absolute atomic E-state index is 0.310. The molecule has 0 fully saturated rings. The fraction of sp³-hybridized carbons (Fsp3) is 0.467. The molecule has 0 radical (unpaired) electrons. The fourth-order valence-electron chi connectivity index (χ4n) is 1.74. The van der Waals surface area contributed by atoms with Crippen LogP contribution >= 0.6 is 0 Å². The average molecular weight is 215 g/mol. The molecule has 2 N–H and O–H groups in total. The van der Waals surface area contributed by atoms with Crippen molar-refractivity contribution >= 4 is 0 Å². The molecule has 16 heavy (non-hydrogen) atoms. The summed E-state index contributed by atoms with van der Waals surface area (Å²) in [5, 5.41) is 0. The number of aryl methyl sites for hydroxylation is 1. The normalized spacial score (nSPS) is 11.6. The summed E-state index contributed by atoms with van der Waals surface area (Å²) in [6.07, 6.45) is 5.36. The van der Waals surface area contributed by atoms with Gasteiger partial charge in [-0.15, -0.1) is 11.8 Å². The molecule has 1 aromatic rings. The van der Waals surface area contributed by atoms with E-state index in [-0.39, 0.29) is 0 Å². The van der Waals surface area contributed by atoms with Gasteiger partial charge in [0.1, 0.15) is 0 Å². The predicted molar refractivity (Wildman–Crippen MR) is 70.0 cm³/mol. The molecule has 0 aliphatic carbocycles. The molecular weight excluding hydrogens is 194 g/mol. The lowest BCUT2D eigenvalue weighted by molar-refractivity contribution is 0.553. The molecule has 0 aromatic heterocycles. The van der Waals surface area contributed by atoms with Crippen molar-refractivity contribution in [3.05, 3.63) is 35.9 Å². The molecule has 0 saturated heterocycles. The second kappa shape index (κ2) is 7.96. The quantitative estimate of drug-likeness (QED) is 0.725. The third kappa shape index (κ3) is 5.58. The Labute approximate surface area is 99.1 Å². The molecule has 1 heteroatoms. The maximum absolute atomic E-state index is 6.01. The predicted octanol–water partition coefficient (Wildman–Crippen LogP) is 3.14. The first kappa shape index (κ1) is 12.8. The molecule has 0 amide bonds. The molecular formula is C15H21N. The van der Waals surface area contributed by atoms with E-state index in [0.717, 1.165) is 25.7 Å². The summed E-state index contributed by atoms with van der Waals surface area (Å²) in [4.78, 5) is 0. The minimum Gasteiger partial charge on any atom is -0.328 e. The Balaban J connectivity index is 2.12. The summed E-state index contributed by atoms with van der Waals surface area (Å²) in [6, 6.07) is 10.9. The first-order valence-electron chi connectivity index (χ1n) is 6.02. The van der Waals surface area contributed by atoms with Crippen LogP contribution in [0.25, 0.3) is 0 Å². The zero-order valence-corrected chi connectivity index (χ0v) is 10.1. The highest BCUT2D eigenvalue weighted by atomic mass is 14.6. The van der Waals surface area contributed by atoms with Gasteiger partial charge < -0.3 is 5.73 Å². The Morgan fingerprint density at radius 3 is 2.62 bits per heavy atom. The van der Waals surface area contributed by atoms with Crippen molar-refractivity contribution in [3.63, 3.8) is 0 Å². The van der Waals surface area contributed by atoms with Crippen molar-refractivity contribution in [3.8, 4) is 11.8 Å². The van der Waals surface area contributed by atoms with E-state index in [1.165, 1.54) is 12.0 Å². The molecule has 1 rings (SSSR count). The summed E-state index contributed by atoms with van der Waals surface area (Å²) in [5.41, 5.74) is 7.42. The highest BCUT2D eigenvalue weighted by molar-refractivity contribution is 5.14. The summed E-state index contributed by atoms with van der Waals surface area (Å²) in [5.74, 6) is 5.96. The van der Waals surface area contributed by atoms with Crippen LogP contribution in [-0.2, 0) is 6.42 Å². The highest BCUT2D eigenvalue weighted by Gasteiger charge is 2.01. The summed E-state index contributed by atoms with van der Waals surface area (Å²) < 4.78 is 0. The molecule has 0 saturated carbocycles. The van der Waals surface area contributed by atoms with E-state index >= 15 is 0 Å². The standard InChI is InChI=1S/C15H21N/c1-2-3-5-12-15(16)13-8-11-14-9-6-4-7-10-14/h4,6-7,9-10,15H,5,8,11-13,16H2,1H3. The van der Waals surface area contributed by atoms with Crippen LogP contribution in [0, 0.1) is 11.8 Å². The Hall–Kier alpha value is -1.26. The highest BCUT2D eigenvalue weighted by Crippen LogP contribution is 2.07. The van der Waals surface area contributed by atoms with Gasteiger partial charge >= 0.3 is 0 Å². The van der Waals surface area contributed by atoms with Gasteiger partial charge in [-0.1, -0.05) is 30.3 Å². The molecule has 1 atom stereocenters. The smallest absolute Gasteiger partial charge is 0.0103 e. The first-order valence-corrected chi connectivity index (χ1v) is 6.02. The van der Waals surface area contributed by atoms with Crippen LogP contribution in [0.5, 0.6) is 0 Å². The van der Waals surface area contributed by atoms with E-state index < -0.39 is 0 Å². The van der Waals surface area contributed by atoms with E-state index in [9.17, 15) is 0 Å². The molecule has 0 bridgehead atoms. The van der Waals surface area contributed by atoms with E-state index in [2.05, 4.69) is 42.2 Å². The SMILES string of the molecule is CC#CCCC(N)CCCc1ccccc1. The molecule has 1 unspecified atom stereocenters. The Kier molecular flexibility index (Phi) is 6.37. The van der Waals surface area contributed by atoms with Gasteiger partial charge in [-0.05, 0) is 38.2 Å². The summed E-state index contributed by atoms with van der Waals surface area (Å²) in [7, 11) is 0. The van der Waals surface area contributed by atoms with Crippen LogP contribution in [0.3, 0.4) is 0 Å². The molecule has 0 heterocycles. The van der Waals surface area contributed by atoms with Crippen LogP contribution in [-0.4, -0.2) is 6.04 Å². The lowest BCUT2D eigenvalue weighted by Crippen LogP contribution is -2.19. The molecule has 0 aliphatic rings. The van der Waals surface area contributed by atoms with Gasteiger partial charge in [-0.3, -0.25) is 0 Å². The molecule has 86 valence electrons. The molecule has 1 nitrogen and oxygen atoms in total. The maximum Gasteiger partial charge on any atom is 0.0103 e. The van der Waals surface area contributed by atoms with Crippen molar-refractivity contribution in [2.24, 2.45) is 5.73 Å². The van der Waals surface area contributed by atoms with Crippen LogP contribution in [0.15, 0.2) is 30.3 Å². The van der Waals surface area contributed by atoms with Crippen molar-refractivity contribution in [2.45, 2.75) is 45.1 Å². The zero-order chi connectivity index (χ0) is 11.6. The van der Waals surface area contributed by atoms with E-state index in [1.54, 1.807) is 0 Å². The third-order valence-electron chi connectivity index (χ3n) is 2.70. The number of nitrogens with two attached hydrogens (primary N) is 1. The molecule has 1 aromatic carbocycles. The van der Waals surface area contributed by atoms with Crippen molar-refractivity contribution < 1.29 is 0 Å². The Morgan fingerprint density at radius 2 is 1.94 bits per heavy atom. The number of benzene rings is 1. The maximum atomic E-state index is 6.01. The second-order valence-corrected chi connectivity index (χ2v) is 4.10. The zero-order valence-electron chi connectivity index (χ0n) is 10.1. The van der Waals surface area contributed by atoms with Gasteiger partial charge in [0.25, 0.3) is 0 Å². The topological polar surface area (TPSA) is 26.0 Å². The van der Waals surface area contributed by atoms with Crippen molar-refractivity contribution in [1.82, 2.24) is 0 Å². The fourth-order valence-corrected chi connectivity index (χ4v) is 1.74. The Bertz CT molecular complexity index is 331. The lowest BCUT2D eigenvalue weighted by atomic mass is 10.0. The number of hydrogen-bond acceptors (Lipinski definition) is 1. The second-order valence-electron chi connectivity index (χ2n) is 4.10. The van der Waals surface area contributed by atoms with Gasteiger partial charge in [0.05, 0.1) is 0 Å². The van der Waals surface area contributed by atoms with Gasteiger partial charge in [-0.2, -0.15) is 0 Å². The average Bonchev–Trinajstić information content (AvgIpc) is 2.31. The van der Waals surface area contributed by atoms with Crippen LogP contribution in [0.2, 0.25) is 0 Å². The van der Waals surface area contributed by atoms with Crippen LogP contribution in [0.1, 0.15) is 38.2 Å². The van der Waals surface area contributed by atoms with E-state index in [0.29, 0.717) is 6.04 Å². The van der Waals surface area contributed by atoms with Gasteiger partial charge in [0.2, 0.25) is 0 Å². The van der Waals surface area contributed by atoms with Crippen molar-refractivity contribution in [1.29, 1.82) is 0 Å². The van der Waals surface area contributed by atoms with E-state index in [4.69, 9.17) is 5.73 Å². The van der Waals surface area contributed by atoms with Crippen LogP contribution in [0.4, 0.5) is 0 Å². The largest absolute Gasteiger partial charge is 0.328 e. The van der Waals surface area contributed by atoms with Crippen LogP contribution < -0.4 is 5.73 Å². The minimum atomic E-state index is 0.310. The lowest BCUT2D eigenvalue weighted by Gasteiger charge is -2.09. The summed E-state index contributed by atoms with van der Waals surface area (Å²) >= 11 is 0. The monoisotopic (exact) mass is 215 g/mol. The van der Waals surface area contributed by atoms with E-state index in [1.807, 2.05) is 6.92 Å². The van der Waals surface area contributed by atoms with Gasteiger partial charge in [0.15, 0.2) is 0 Å². The number of hydrogen-bond donors (Lipinski definition) is 1. The van der Waals surface area contributed by atoms with Gasteiger partial charge in [-0.25, -0.2) is 0 Å². The third-order valence-corrected chi connectivity index (χ3v) is 2.70. The Morgan fingerprint density at radius 1 is 1.19 bits per heavy atom. The summed E-state index contributed by atoms with van der Waals surface area (Å²) in [6.45, 7) is 1.88. The van der Waals surface area contributed by atoms with Crippen molar-refractivity contribution in [2.75, 3.05) is 0 Å². The number of rotatable bonds is 6. The molecule has 0 aliphatic heterocycles. The first-order chi connectivity index (χ1) is 7.83.